The van der Waals surface area contributed by atoms with Crippen LogP contribution in [0, 0.1) is 0 Å². The van der Waals surface area contributed by atoms with Gasteiger partial charge in [-0.3, -0.25) is 0 Å². The second-order valence-electron chi connectivity index (χ2n) is 3.86. The maximum Gasteiger partial charge on any atom is 0.131 e. The minimum Gasteiger partial charge on any atom is -0.183 e. The van der Waals surface area contributed by atoms with Gasteiger partial charge in [0.05, 0.1) is 27.6 Å². The first-order chi connectivity index (χ1) is 8.34. The molecule has 5 heteroatoms. The monoisotopic (exact) mass is 351 g/mol. The van der Waals surface area contributed by atoms with Crippen molar-refractivity contribution in [2.24, 2.45) is 0 Å². The van der Waals surface area contributed by atoms with Gasteiger partial charge in [0.25, 0.3) is 0 Å². The van der Waals surface area contributed by atoms with Crippen LogP contribution in [0.1, 0.15) is 0 Å². The summed E-state index contributed by atoms with van der Waals surface area (Å²) in [6.45, 7) is 0. The molecule has 3 nitrogen and oxygen atoms in total. The molecule has 0 saturated heterocycles. The number of nitrogens with zero attached hydrogens (tertiary/aromatic N) is 3. The van der Waals surface area contributed by atoms with Gasteiger partial charge in [-0.2, -0.15) is 2.90 Å². The second kappa shape index (κ2) is 3.39. The first-order valence-corrected chi connectivity index (χ1v) is 6.94. The number of hydrogen-bond acceptors (Lipinski definition) is 3. The standard InChI is InChI=1S/C12H6IN3S/c13-16-9-6-5-8-7-3-1-2-4-10(7)17-12(8)11(9)14-15-16/h1-6H. The zero-order valence-electron chi connectivity index (χ0n) is 8.59. The Balaban J connectivity index is 2.34. The van der Waals surface area contributed by atoms with Crippen molar-refractivity contribution < 1.29 is 0 Å². The quantitative estimate of drug-likeness (QED) is 0.449. The summed E-state index contributed by atoms with van der Waals surface area (Å²) in [6.07, 6.45) is 0. The molecular formula is C12H6IN3S. The van der Waals surface area contributed by atoms with Crippen molar-refractivity contribution in [2.75, 3.05) is 0 Å². The fourth-order valence-electron chi connectivity index (χ4n) is 2.14. The molecule has 0 N–H and O–H groups in total. The van der Waals surface area contributed by atoms with Crippen LogP contribution in [0.15, 0.2) is 36.4 Å². The Hall–Kier alpha value is -1.21. The van der Waals surface area contributed by atoms with E-state index in [1.165, 1.54) is 20.2 Å². The van der Waals surface area contributed by atoms with Gasteiger partial charge in [-0.15, -0.1) is 16.4 Å². The lowest BCUT2D eigenvalue weighted by molar-refractivity contribution is 0.939. The first-order valence-electron chi connectivity index (χ1n) is 5.16. The summed E-state index contributed by atoms with van der Waals surface area (Å²) < 4.78 is 4.32. The molecule has 0 aliphatic heterocycles. The maximum atomic E-state index is 4.26. The Morgan fingerprint density at radius 2 is 1.94 bits per heavy atom. The van der Waals surface area contributed by atoms with Gasteiger partial charge in [0.2, 0.25) is 0 Å². The predicted octanol–water partition coefficient (Wildman–Crippen LogP) is 4.00. The molecule has 0 fully saturated rings. The van der Waals surface area contributed by atoms with E-state index in [1.54, 1.807) is 14.2 Å². The van der Waals surface area contributed by atoms with Crippen LogP contribution in [-0.2, 0) is 0 Å². The summed E-state index contributed by atoms with van der Waals surface area (Å²) in [6, 6.07) is 12.7. The molecule has 0 unspecified atom stereocenters. The average molecular weight is 351 g/mol. The van der Waals surface area contributed by atoms with Crippen LogP contribution in [0.25, 0.3) is 31.2 Å². The van der Waals surface area contributed by atoms with Gasteiger partial charge in [-0.1, -0.05) is 29.5 Å². The van der Waals surface area contributed by atoms with Gasteiger partial charge in [0, 0.05) is 15.5 Å². The number of rotatable bonds is 0. The number of halogens is 1. The molecule has 4 aromatic rings. The molecule has 0 aliphatic rings. The van der Waals surface area contributed by atoms with E-state index in [0.717, 1.165) is 11.0 Å². The van der Waals surface area contributed by atoms with Crippen molar-refractivity contribution in [3.8, 4) is 0 Å². The summed E-state index contributed by atoms with van der Waals surface area (Å²) >= 11 is 3.94. The fourth-order valence-corrected chi connectivity index (χ4v) is 3.81. The second-order valence-corrected chi connectivity index (χ2v) is 5.82. The molecule has 2 heterocycles. The zero-order chi connectivity index (χ0) is 11.4. The maximum absolute atomic E-state index is 4.26. The molecule has 0 amide bonds. The van der Waals surface area contributed by atoms with Crippen LogP contribution < -0.4 is 0 Å². The summed E-state index contributed by atoms with van der Waals surface area (Å²) in [5, 5.41) is 10.9. The summed E-state index contributed by atoms with van der Waals surface area (Å²) in [5.74, 6) is 0. The number of aromatic nitrogens is 3. The van der Waals surface area contributed by atoms with E-state index in [1.807, 2.05) is 0 Å². The molecule has 0 radical (unpaired) electrons. The van der Waals surface area contributed by atoms with Crippen LogP contribution in [0.3, 0.4) is 0 Å². The Labute approximate surface area is 115 Å². The van der Waals surface area contributed by atoms with Gasteiger partial charge >= 0.3 is 0 Å². The van der Waals surface area contributed by atoms with E-state index >= 15 is 0 Å². The Kier molecular flexibility index (Phi) is 1.95. The van der Waals surface area contributed by atoms with E-state index in [0.29, 0.717) is 0 Å². The van der Waals surface area contributed by atoms with Gasteiger partial charge in [-0.05, 0) is 12.1 Å². The third-order valence-corrected chi connectivity index (χ3v) is 4.83. The summed E-state index contributed by atoms with van der Waals surface area (Å²) in [5.41, 5.74) is 2.07. The normalized spacial score (nSPS) is 11.8. The van der Waals surface area contributed by atoms with Crippen LogP contribution in [0.4, 0.5) is 0 Å². The van der Waals surface area contributed by atoms with Gasteiger partial charge < -0.3 is 0 Å². The highest BCUT2D eigenvalue weighted by molar-refractivity contribution is 14.1. The van der Waals surface area contributed by atoms with Gasteiger partial charge in [0.1, 0.15) is 11.0 Å². The molecular weight excluding hydrogens is 345 g/mol. The van der Waals surface area contributed by atoms with Crippen LogP contribution in [0.2, 0.25) is 0 Å². The Morgan fingerprint density at radius 3 is 2.88 bits per heavy atom. The molecule has 0 bridgehead atoms. The molecule has 4 rings (SSSR count). The van der Waals surface area contributed by atoms with Crippen molar-refractivity contribution in [1.29, 1.82) is 0 Å². The summed E-state index contributed by atoms with van der Waals surface area (Å²) in [7, 11) is 0. The molecule has 0 aliphatic carbocycles. The summed E-state index contributed by atoms with van der Waals surface area (Å²) in [4.78, 5) is 0. The van der Waals surface area contributed by atoms with Crippen LogP contribution in [-0.4, -0.2) is 13.2 Å². The molecule has 0 atom stereocenters. The highest BCUT2D eigenvalue weighted by atomic mass is 127. The van der Waals surface area contributed by atoms with Crippen molar-refractivity contribution in [2.45, 2.75) is 0 Å². The minimum atomic E-state index is 0.998. The molecule has 17 heavy (non-hydrogen) atoms. The lowest BCUT2D eigenvalue weighted by Gasteiger charge is -1.92. The number of benzene rings is 2. The average Bonchev–Trinajstić information content (AvgIpc) is 2.90. The number of thiophene rings is 1. The van der Waals surface area contributed by atoms with E-state index in [2.05, 4.69) is 69.6 Å². The van der Waals surface area contributed by atoms with Crippen LogP contribution >= 0.6 is 34.2 Å². The fraction of sp³-hybridized carbons (Fsp3) is 0. The molecule has 2 aromatic heterocycles. The molecule has 82 valence electrons. The van der Waals surface area contributed by atoms with Gasteiger partial charge in [-0.25, -0.2) is 0 Å². The van der Waals surface area contributed by atoms with Crippen molar-refractivity contribution in [1.82, 2.24) is 13.2 Å². The Bertz CT molecular complexity index is 862. The minimum absolute atomic E-state index is 0.998. The first kappa shape index (κ1) is 9.78. The zero-order valence-corrected chi connectivity index (χ0v) is 11.6. The highest BCUT2D eigenvalue weighted by Gasteiger charge is 2.11. The van der Waals surface area contributed by atoms with E-state index in [9.17, 15) is 0 Å². The van der Waals surface area contributed by atoms with Gasteiger partial charge in [0.15, 0.2) is 0 Å². The van der Waals surface area contributed by atoms with Crippen molar-refractivity contribution in [3.05, 3.63) is 36.4 Å². The smallest absolute Gasteiger partial charge is 0.131 e. The lowest BCUT2D eigenvalue weighted by atomic mass is 10.1. The molecule has 0 spiro atoms. The number of fused-ring (bicyclic) bond motifs is 5. The van der Waals surface area contributed by atoms with E-state index < -0.39 is 0 Å². The molecule has 2 aromatic carbocycles. The highest BCUT2D eigenvalue weighted by Crippen LogP contribution is 2.37. The van der Waals surface area contributed by atoms with Crippen molar-refractivity contribution >= 4 is 65.4 Å². The molecule has 0 saturated carbocycles. The largest absolute Gasteiger partial charge is 0.183 e. The third kappa shape index (κ3) is 1.26. The van der Waals surface area contributed by atoms with E-state index in [4.69, 9.17) is 0 Å². The Morgan fingerprint density at radius 1 is 1.06 bits per heavy atom. The SMILES string of the molecule is In1nnc2c3sc4ccccc4c3ccc21. The van der Waals surface area contributed by atoms with E-state index in [-0.39, 0.29) is 0 Å². The predicted molar refractivity (Wildman–Crippen MR) is 79.8 cm³/mol. The number of hydrogen-bond donors (Lipinski definition) is 0. The van der Waals surface area contributed by atoms with Crippen molar-refractivity contribution in [3.63, 3.8) is 0 Å². The topological polar surface area (TPSA) is 30.7 Å². The third-order valence-electron chi connectivity index (χ3n) is 2.92. The lowest BCUT2D eigenvalue weighted by Crippen LogP contribution is -1.78. The van der Waals surface area contributed by atoms with Crippen LogP contribution in [0.5, 0.6) is 0 Å².